The van der Waals surface area contributed by atoms with E-state index in [0.29, 0.717) is 0 Å². The predicted molar refractivity (Wildman–Crippen MR) is 47.4 cm³/mol. The van der Waals surface area contributed by atoms with Crippen LogP contribution in [-0.2, 0) is 5.88 Å². The number of aromatic carboxylic acids is 1. The number of pyridine rings is 1. The quantitative estimate of drug-likeness (QED) is 0.791. The second kappa shape index (κ2) is 4.39. The van der Waals surface area contributed by atoms with E-state index in [9.17, 15) is 18.7 Å². The number of nitrogens with zero attached hydrogens (tertiary/aromatic N) is 1. The number of halogens is 3. The number of aromatic hydroxyl groups is 1. The third-order valence-corrected chi connectivity index (χ3v) is 1.92. The van der Waals surface area contributed by atoms with E-state index in [1.165, 1.54) is 0 Å². The number of alkyl halides is 3. The molecule has 7 heteroatoms. The molecule has 1 aromatic heterocycles. The highest BCUT2D eigenvalue weighted by molar-refractivity contribution is 6.17. The molecule has 0 fully saturated rings. The van der Waals surface area contributed by atoms with Crippen molar-refractivity contribution in [2.75, 3.05) is 0 Å². The molecule has 0 radical (unpaired) electrons. The monoisotopic (exact) mass is 237 g/mol. The molecule has 0 saturated heterocycles. The van der Waals surface area contributed by atoms with Gasteiger partial charge >= 0.3 is 5.97 Å². The Hall–Kier alpha value is -1.43. The Morgan fingerprint density at radius 3 is 2.60 bits per heavy atom. The van der Waals surface area contributed by atoms with Crippen LogP contribution in [0.15, 0.2) is 6.07 Å². The molecule has 82 valence electrons. The molecular formula is C8H6ClF2NO3. The lowest BCUT2D eigenvalue weighted by Gasteiger charge is -2.07. The summed E-state index contributed by atoms with van der Waals surface area (Å²) in [5.74, 6) is -2.74. The third-order valence-electron chi connectivity index (χ3n) is 1.65. The van der Waals surface area contributed by atoms with Gasteiger partial charge in [0.05, 0.1) is 11.6 Å². The van der Waals surface area contributed by atoms with Crippen LogP contribution in [-0.4, -0.2) is 21.2 Å². The van der Waals surface area contributed by atoms with Crippen LogP contribution < -0.4 is 0 Å². The molecule has 4 nitrogen and oxygen atoms in total. The molecular weight excluding hydrogens is 232 g/mol. The SMILES string of the molecule is O=C(O)c1cc(CCl)nc(C(F)F)c1O. The molecule has 0 spiro atoms. The zero-order valence-electron chi connectivity index (χ0n) is 7.25. The molecule has 1 rings (SSSR count). The molecule has 15 heavy (non-hydrogen) atoms. The van der Waals surface area contributed by atoms with Gasteiger partial charge in [-0.25, -0.2) is 18.6 Å². The van der Waals surface area contributed by atoms with Crippen molar-refractivity contribution >= 4 is 17.6 Å². The number of hydrogen-bond donors (Lipinski definition) is 2. The van der Waals surface area contributed by atoms with E-state index < -0.39 is 29.4 Å². The van der Waals surface area contributed by atoms with Gasteiger partial charge in [-0.05, 0) is 6.07 Å². The van der Waals surface area contributed by atoms with Crippen molar-refractivity contribution < 1.29 is 23.8 Å². The Morgan fingerprint density at radius 1 is 1.60 bits per heavy atom. The number of carbonyl (C=O) groups is 1. The number of rotatable bonds is 3. The van der Waals surface area contributed by atoms with Gasteiger partial charge in [0.25, 0.3) is 6.43 Å². The van der Waals surface area contributed by atoms with Gasteiger partial charge < -0.3 is 10.2 Å². The lowest BCUT2D eigenvalue weighted by atomic mass is 10.1. The van der Waals surface area contributed by atoms with Crippen molar-refractivity contribution in [3.8, 4) is 5.75 Å². The van der Waals surface area contributed by atoms with E-state index in [2.05, 4.69) is 4.98 Å². The largest absolute Gasteiger partial charge is 0.505 e. The summed E-state index contributed by atoms with van der Waals surface area (Å²) in [6, 6.07) is 0.955. The van der Waals surface area contributed by atoms with E-state index in [4.69, 9.17) is 16.7 Å². The fraction of sp³-hybridized carbons (Fsp3) is 0.250. The van der Waals surface area contributed by atoms with Gasteiger partial charge in [0.15, 0.2) is 5.75 Å². The smallest absolute Gasteiger partial charge is 0.339 e. The lowest BCUT2D eigenvalue weighted by molar-refractivity contribution is 0.0692. The first-order valence-corrected chi connectivity index (χ1v) is 4.31. The summed E-state index contributed by atoms with van der Waals surface area (Å²) < 4.78 is 24.7. The molecule has 1 heterocycles. The summed E-state index contributed by atoms with van der Waals surface area (Å²) >= 11 is 5.35. The Morgan fingerprint density at radius 2 is 2.20 bits per heavy atom. The van der Waals surface area contributed by atoms with Crippen molar-refractivity contribution in [3.63, 3.8) is 0 Å². The van der Waals surface area contributed by atoms with Crippen LogP contribution in [0.4, 0.5) is 8.78 Å². The third kappa shape index (κ3) is 2.33. The zero-order valence-corrected chi connectivity index (χ0v) is 8.00. The van der Waals surface area contributed by atoms with E-state index >= 15 is 0 Å². The van der Waals surface area contributed by atoms with Gasteiger partial charge in [-0.1, -0.05) is 0 Å². The first kappa shape index (κ1) is 11.6. The molecule has 0 aromatic carbocycles. The molecule has 1 aromatic rings. The average molecular weight is 238 g/mol. The van der Waals surface area contributed by atoms with E-state index in [-0.39, 0.29) is 11.6 Å². The first-order valence-electron chi connectivity index (χ1n) is 3.77. The number of aromatic nitrogens is 1. The van der Waals surface area contributed by atoms with Crippen molar-refractivity contribution in [3.05, 3.63) is 23.0 Å². The molecule has 2 N–H and O–H groups in total. The van der Waals surface area contributed by atoms with Crippen LogP contribution in [0.2, 0.25) is 0 Å². The molecule has 0 saturated carbocycles. The van der Waals surface area contributed by atoms with Gasteiger partial charge in [-0.15, -0.1) is 11.6 Å². The maximum absolute atomic E-state index is 12.3. The molecule has 0 unspecified atom stereocenters. The maximum Gasteiger partial charge on any atom is 0.339 e. The Balaban J connectivity index is 3.40. The summed E-state index contributed by atoms with van der Waals surface area (Å²) in [5.41, 5.74) is -1.62. The normalized spacial score (nSPS) is 10.7. The second-order valence-corrected chi connectivity index (χ2v) is 2.90. The average Bonchev–Trinajstić information content (AvgIpc) is 2.17. The Bertz CT molecular complexity index is 398. The lowest BCUT2D eigenvalue weighted by Crippen LogP contribution is -2.04. The van der Waals surface area contributed by atoms with Crippen molar-refractivity contribution in [2.24, 2.45) is 0 Å². The Kier molecular flexibility index (Phi) is 3.41. The van der Waals surface area contributed by atoms with Crippen LogP contribution >= 0.6 is 11.6 Å². The zero-order chi connectivity index (χ0) is 11.6. The maximum atomic E-state index is 12.3. The molecule has 0 aliphatic rings. The highest BCUT2D eigenvalue weighted by Crippen LogP contribution is 2.30. The summed E-state index contributed by atoms with van der Waals surface area (Å²) in [6.45, 7) is 0. The molecule has 0 aliphatic heterocycles. The van der Waals surface area contributed by atoms with Crippen LogP contribution in [0, 0.1) is 0 Å². The van der Waals surface area contributed by atoms with Gasteiger partial charge in [-0.2, -0.15) is 0 Å². The fourth-order valence-electron chi connectivity index (χ4n) is 0.997. The molecule has 0 amide bonds. The minimum atomic E-state index is -3.05. The minimum Gasteiger partial charge on any atom is -0.505 e. The standard InChI is InChI=1S/C8H6ClF2NO3/c9-2-3-1-4(8(14)15)6(13)5(12-3)7(10)11/h1,7,13H,2H2,(H,14,15). The van der Waals surface area contributed by atoms with Crippen LogP contribution in [0.1, 0.15) is 28.2 Å². The van der Waals surface area contributed by atoms with Gasteiger partial charge in [-0.3, -0.25) is 0 Å². The number of carboxylic acid groups (broad SMARTS) is 1. The summed E-state index contributed by atoms with van der Waals surface area (Å²) in [4.78, 5) is 13.9. The van der Waals surface area contributed by atoms with E-state index in [0.717, 1.165) is 6.07 Å². The van der Waals surface area contributed by atoms with Gasteiger partial charge in [0.2, 0.25) is 0 Å². The first-order chi connectivity index (χ1) is 6.97. The summed E-state index contributed by atoms with van der Waals surface area (Å²) in [7, 11) is 0. The fourth-order valence-corrected chi connectivity index (χ4v) is 1.13. The molecule has 0 atom stereocenters. The molecule has 0 bridgehead atoms. The summed E-state index contributed by atoms with van der Waals surface area (Å²) in [6.07, 6.45) is -3.05. The highest BCUT2D eigenvalue weighted by Gasteiger charge is 2.22. The predicted octanol–water partition coefficient (Wildman–Crippen LogP) is 2.16. The van der Waals surface area contributed by atoms with Crippen LogP contribution in [0.25, 0.3) is 0 Å². The number of hydrogen-bond acceptors (Lipinski definition) is 3. The Labute approximate surface area is 88.1 Å². The van der Waals surface area contributed by atoms with E-state index in [1.807, 2.05) is 0 Å². The topological polar surface area (TPSA) is 70.4 Å². The second-order valence-electron chi connectivity index (χ2n) is 2.63. The van der Waals surface area contributed by atoms with E-state index in [1.54, 1.807) is 0 Å². The van der Waals surface area contributed by atoms with Crippen molar-refractivity contribution in [1.82, 2.24) is 4.98 Å². The molecule has 0 aliphatic carbocycles. The minimum absolute atomic E-state index is 0.0258. The van der Waals surface area contributed by atoms with Crippen molar-refractivity contribution in [1.29, 1.82) is 0 Å². The van der Waals surface area contributed by atoms with Gasteiger partial charge in [0.1, 0.15) is 11.3 Å². The van der Waals surface area contributed by atoms with Gasteiger partial charge in [0, 0.05) is 0 Å². The summed E-state index contributed by atoms with van der Waals surface area (Å²) in [5, 5.41) is 17.8. The number of carboxylic acids is 1. The van der Waals surface area contributed by atoms with Crippen molar-refractivity contribution in [2.45, 2.75) is 12.3 Å². The van der Waals surface area contributed by atoms with Crippen LogP contribution in [0.3, 0.4) is 0 Å². The highest BCUT2D eigenvalue weighted by atomic mass is 35.5. The van der Waals surface area contributed by atoms with Crippen LogP contribution in [0.5, 0.6) is 5.75 Å².